The van der Waals surface area contributed by atoms with Gasteiger partial charge in [-0.15, -0.1) is 0 Å². The lowest BCUT2D eigenvalue weighted by Crippen LogP contribution is -2.26. The minimum absolute atomic E-state index is 0.00980. The summed E-state index contributed by atoms with van der Waals surface area (Å²) in [6, 6.07) is 3.48. The zero-order chi connectivity index (χ0) is 21.4. The van der Waals surface area contributed by atoms with Gasteiger partial charge in [0, 0.05) is 29.5 Å². The molecular weight excluding hydrogens is 380 g/mol. The van der Waals surface area contributed by atoms with Crippen LogP contribution in [0, 0.1) is 0 Å². The zero-order valence-corrected chi connectivity index (χ0v) is 17.3. The number of fused-ring (bicyclic) bond motifs is 2. The normalized spacial score (nSPS) is 17.4. The van der Waals surface area contributed by atoms with Crippen molar-refractivity contribution in [1.82, 2.24) is 10.2 Å². The van der Waals surface area contributed by atoms with Gasteiger partial charge in [-0.25, -0.2) is 4.99 Å². The Balaban J connectivity index is 1.87. The largest absolute Gasteiger partial charge is 0.507 e. The number of aliphatic imine (C=N–C) groups is 1. The van der Waals surface area contributed by atoms with Crippen LogP contribution in [0.5, 0.6) is 5.75 Å². The highest BCUT2D eigenvalue weighted by molar-refractivity contribution is 6.19. The SMILES string of the molecule is CNCCC1=C2C(=O)C=CC(c3ccc4c(c3O)=C(CCN(C)C)C(=O)N=4)=C2N=C1. The van der Waals surface area contributed by atoms with Gasteiger partial charge in [0.1, 0.15) is 5.75 Å². The predicted octanol–water partition coefficient (Wildman–Crippen LogP) is 0.495. The van der Waals surface area contributed by atoms with E-state index >= 15 is 0 Å². The molecular formula is C23H24N4O3. The number of carbonyl (C=O) groups excluding carboxylic acids is 2. The summed E-state index contributed by atoms with van der Waals surface area (Å²) in [7, 11) is 5.73. The molecule has 1 aromatic rings. The number of aromatic hydroxyl groups is 1. The lowest BCUT2D eigenvalue weighted by atomic mass is 9.89. The van der Waals surface area contributed by atoms with Crippen LogP contribution in [0.1, 0.15) is 18.4 Å². The summed E-state index contributed by atoms with van der Waals surface area (Å²) in [5.41, 5.74) is 3.77. The van der Waals surface area contributed by atoms with Gasteiger partial charge in [0.15, 0.2) is 5.78 Å². The molecule has 1 aliphatic carbocycles. The molecule has 7 heteroatoms. The summed E-state index contributed by atoms with van der Waals surface area (Å²) in [4.78, 5) is 35.5. The van der Waals surface area contributed by atoms with E-state index in [4.69, 9.17) is 0 Å². The monoisotopic (exact) mass is 404 g/mol. The minimum atomic E-state index is -0.305. The van der Waals surface area contributed by atoms with Gasteiger partial charge in [-0.1, -0.05) is 0 Å². The van der Waals surface area contributed by atoms with E-state index in [1.807, 2.05) is 26.0 Å². The lowest BCUT2D eigenvalue weighted by molar-refractivity contribution is -0.113. The van der Waals surface area contributed by atoms with Crippen molar-refractivity contribution in [3.63, 3.8) is 0 Å². The predicted molar refractivity (Wildman–Crippen MR) is 116 cm³/mol. The third-order valence-electron chi connectivity index (χ3n) is 5.49. The molecule has 30 heavy (non-hydrogen) atoms. The number of hydrogen-bond donors (Lipinski definition) is 2. The molecule has 1 aromatic carbocycles. The van der Waals surface area contributed by atoms with E-state index in [2.05, 4.69) is 15.3 Å². The van der Waals surface area contributed by atoms with Crippen LogP contribution in [0.15, 0.2) is 51.1 Å². The molecule has 0 atom stereocenters. The average Bonchev–Trinajstić information content (AvgIpc) is 3.27. The molecule has 0 fully saturated rings. The van der Waals surface area contributed by atoms with Crippen LogP contribution >= 0.6 is 0 Å². The number of phenols is 1. The van der Waals surface area contributed by atoms with E-state index < -0.39 is 0 Å². The molecule has 0 saturated carbocycles. The number of rotatable bonds is 7. The van der Waals surface area contributed by atoms with E-state index in [-0.39, 0.29) is 17.4 Å². The smallest absolute Gasteiger partial charge is 0.274 e. The highest BCUT2D eigenvalue weighted by Crippen LogP contribution is 2.37. The van der Waals surface area contributed by atoms with Crippen molar-refractivity contribution in [2.45, 2.75) is 12.8 Å². The van der Waals surface area contributed by atoms with E-state index in [9.17, 15) is 14.7 Å². The number of nitrogens with zero attached hydrogens (tertiary/aromatic N) is 3. The van der Waals surface area contributed by atoms with E-state index in [0.29, 0.717) is 57.9 Å². The maximum absolute atomic E-state index is 12.5. The van der Waals surface area contributed by atoms with Gasteiger partial charge < -0.3 is 15.3 Å². The summed E-state index contributed by atoms with van der Waals surface area (Å²) < 4.78 is 0. The molecule has 0 bridgehead atoms. The Morgan fingerprint density at radius 2 is 1.93 bits per heavy atom. The topological polar surface area (TPSA) is 94.4 Å². The number of allylic oxidation sites excluding steroid dienone is 4. The fourth-order valence-electron chi connectivity index (χ4n) is 3.93. The van der Waals surface area contributed by atoms with E-state index in [1.54, 1.807) is 24.4 Å². The Hall–Kier alpha value is -3.16. The molecule has 0 saturated heterocycles. The van der Waals surface area contributed by atoms with Gasteiger partial charge >= 0.3 is 0 Å². The standard InChI is InChI=1S/C23H24N4O3/c1-24-10-8-13-12-25-21-14(5-7-18(28)19(13)21)15-4-6-17-20(22(15)29)16(23(30)26-17)9-11-27(2)3/h4-7,12,24,29H,8-11H2,1-3H3. The van der Waals surface area contributed by atoms with Crippen LogP contribution in [0.3, 0.4) is 0 Å². The first-order valence-electron chi connectivity index (χ1n) is 9.94. The van der Waals surface area contributed by atoms with Crippen molar-refractivity contribution >= 4 is 29.1 Å². The van der Waals surface area contributed by atoms with Crippen LogP contribution in [-0.4, -0.2) is 62.1 Å². The first kappa shape index (κ1) is 20.1. The molecule has 0 spiro atoms. The molecule has 0 aromatic heterocycles. The van der Waals surface area contributed by atoms with E-state index in [1.165, 1.54) is 6.08 Å². The molecule has 0 radical (unpaired) electrons. The number of phenolic OH excluding ortho intramolecular Hbond substituents is 1. The first-order valence-corrected chi connectivity index (χ1v) is 9.94. The number of benzene rings is 1. The summed E-state index contributed by atoms with van der Waals surface area (Å²) in [6.07, 6.45) is 6.12. The van der Waals surface area contributed by atoms with Crippen molar-refractivity contribution < 1.29 is 14.7 Å². The zero-order valence-electron chi connectivity index (χ0n) is 17.3. The van der Waals surface area contributed by atoms with Crippen LogP contribution in [0.2, 0.25) is 0 Å². The number of hydrogen-bond acceptors (Lipinski definition) is 6. The maximum atomic E-state index is 12.5. The Bertz CT molecular complexity index is 1200. The molecule has 0 unspecified atom stereocenters. The highest BCUT2D eigenvalue weighted by Gasteiger charge is 2.29. The molecule has 2 aliphatic heterocycles. The second kappa shape index (κ2) is 7.93. The summed E-state index contributed by atoms with van der Waals surface area (Å²) >= 11 is 0. The Morgan fingerprint density at radius 3 is 2.67 bits per heavy atom. The molecule has 1 amide bonds. The van der Waals surface area contributed by atoms with Gasteiger partial charge in [-0.05, 0) is 70.4 Å². The van der Waals surface area contributed by atoms with Gasteiger partial charge in [0.2, 0.25) is 0 Å². The molecule has 3 aliphatic rings. The summed E-state index contributed by atoms with van der Waals surface area (Å²) in [5.74, 6) is -0.378. The fraction of sp³-hybridized carbons (Fsp3) is 0.304. The van der Waals surface area contributed by atoms with E-state index in [0.717, 1.165) is 12.1 Å². The molecule has 4 rings (SSSR count). The van der Waals surface area contributed by atoms with Crippen LogP contribution in [0.25, 0.3) is 11.1 Å². The number of ketones is 1. The average molecular weight is 404 g/mol. The fourth-order valence-corrected chi connectivity index (χ4v) is 3.93. The third kappa shape index (κ3) is 3.36. The van der Waals surface area contributed by atoms with Crippen molar-refractivity contribution in [1.29, 1.82) is 0 Å². The quantitative estimate of drug-likeness (QED) is 0.690. The molecule has 2 heterocycles. The van der Waals surface area contributed by atoms with Gasteiger partial charge in [-0.3, -0.25) is 14.6 Å². The lowest BCUT2D eigenvalue weighted by Gasteiger charge is -2.15. The van der Waals surface area contributed by atoms with Crippen LogP contribution < -0.4 is 15.9 Å². The maximum Gasteiger partial charge on any atom is 0.274 e. The molecule has 7 nitrogen and oxygen atoms in total. The van der Waals surface area contributed by atoms with Crippen molar-refractivity contribution in [2.75, 3.05) is 34.2 Å². The van der Waals surface area contributed by atoms with Crippen LogP contribution in [-0.2, 0) is 9.59 Å². The van der Waals surface area contributed by atoms with Crippen molar-refractivity contribution in [3.05, 3.63) is 57.3 Å². The van der Waals surface area contributed by atoms with Gasteiger partial charge in [-0.2, -0.15) is 0 Å². The number of amides is 1. The van der Waals surface area contributed by atoms with Crippen molar-refractivity contribution in [2.24, 2.45) is 9.98 Å². The second-order valence-corrected chi connectivity index (χ2v) is 7.78. The number of carbonyl (C=O) groups is 2. The molecule has 154 valence electrons. The first-order chi connectivity index (χ1) is 14.4. The Kier molecular flexibility index (Phi) is 5.32. The summed E-state index contributed by atoms with van der Waals surface area (Å²) in [5, 5.41) is 15.2. The second-order valence-electron chi connectivity index (χ2n) is 7.78. The van der Waals surface area contributed by atoms with Gasteiger partial charge in [0.25, 0.3) is 5.91 Å². The number of nitrogens with one attached hydrogen (secondary N) is 1. The minimum Gasteiger partial charge on any atom is -0.507 e. The van der Waals surface area contributed by atoms with Crippen LogP contribution in [0.4, 0.5) is 0 Å². The summed E-state index contributed by atoms with van der Waals surface area (Å²) in [6.45, 7) is 1.41. The molecule has 2 N–H and O–H groups in total. The van der Waals surface area contributed by atoms with Gasteiger partial charge in [0.05, 0.1) is 21.8 Å². The Labute approximate surface area is 174 Å². The third-order valence-corrected chi connectivity index (χ3v) is 5.49. The van der Waals surface area contributed by atoms with Crippen molar-refractivity contribution in [3.8, 4) is 5.75 Å². The Morgan fingerprint density at radius 1 is 1.13 bits per heavy atom. The highest BCUT2D eigenvalue weighted by atomic mass is 16.3.